The molecule has 27 heavy (non-hydrogen) atoms. The van der Waals surface area contributed by atoms with Crippen LogP contribution in [-0.2, 0) is 11.0 Å². The number of hydrogen-bond acceptors (Lipinski definition) is 5. The Bertz CT molecular complexity index is 940. The van der Waals surface area contributed by atoms with Crippen molar-refractivity contribution in [2.45, 2.75) is 17.4 Å². The SMILES string of the molecule is Cc1ccccc1-c1nsc(SCC(=O)Nc2ccc(C(F)(F)F)cc2)n1. The number of aromatic nitrogens is 2. The maximum Gasteiger partial charge on any atom is 0.416 e. The maximum atomic E-state index is 12.5. The second-order valence-corrected chi connectivity index (χ2v) is 7.59. The van der Waals surface area contributed by atoms with Crippen LogP contribution in [0, 0.1) is 6.92 Å². The first-order valence-electron chi connectivity index (χ1n) is 7.82. The number of alkyl halides is 3. The van der Waals surface area contributed by atoms with Crippen LogP contribution in [0.15, 0.2) is 52.9 Å². The number of amides is 1. The molecule has 0 radical (unpaired) electrons. The van der Waals surface area contributed by atoms with Crippen molar-refractivity contribution in [3.8, 4) is 11.4 Å². The van der Waals surface area contributed by atoms with Crippen LogP contribution in [0.1, 0.15) is 11.1 Å². The summed E-state index contributed by atoms with van der Waals surface area (Å²) < 4.78 is 42.6. The normalized spacial score (nSPS) is 11.4. The van der Waals surface area contributed by atoms with Crippen LogP contribution in [0.5, 0.6) is 0 Å². The molecule has 0 aliphatic rings. The van der Waals surface area contributed by atoms with Gasteiger partial charge in [-0.25, -0.2) is 4.98 Å². The number of thioether (sulfide) groups is 1. The zero-order chi connectivity index (χ0) is 19.4. The smallest absolute Gasteiger partial charge is 0.325 e. The van der Waals surface area contributed by atoms with Gasteiger partial charge in [-0.05, 0) is 48.3 Å². The highest BCUT2D eigenvalue weighted by Gasteiger charge is 2.29. The van der Waals surface area contributed by atoms with Gasteiger partial charge in [-0.1, -0.05) is 36.0 Å². The molecule has 0 aliphatic heterocycles. The van der Waals surface area contributed by atoms with Gasteiger partial charge in [-0.2, -0.15) is 17.5 Å². The van der Waals surface area contributed by atoms with Crippen LogP contribution in [-0.4, -0.2) is 21.0 Å². The first-order chi connectivity index (χ1) is 12.8. The van der Waals surface area contributed by atoms with Crippen molar-refractivity contribution in [1.29, 1.82) is 0 Å². The quantitative estimate of drug-likeness (QED) is 0.584. The summed E-state index contributed by atoms with van der Waals surface area (Å²) in [6.45, 7) is 1.97. The van der Waals surface area contributed by atoms with E-state index < -0.39 is 11.7 Å². The molecule has 0 atom stereocenters. The lowest BCUT2D eigenvalue weighted by Crippen LogP contribution is -2.14. The molecule has 0 spiro atoms. The second kappa shape index (κ2) is 8.10. The Labute approximate surface area is 162 Å². The fourth-order valence-electron chi connectivity index (χ4n) is 2.27. The summed E-state index contributed by atoms with van der Waals surface area (Å²) in [5.41, 5.74) is 1.56. The fourth-order valence-corrected chi connectivity index (χ4v) is 3.68. The van der Waals surface area contributed by atoms with Gasteiger partial charge in [0.1, 0.15) is 0 Å². The number of rotatable bonds is 5. The van der Waals surface area contributed by atoms with Crippen molar-refractivity contribution >= 4 is 34.9 Å². The molecule has 3 aromatic rings. The summed E-state index contributed by atoms with van der Waals surface area (Å²) in [5.74, 6) is 0.375. The van der Waals surface area contributed by atoms with Gasteiger partial charge in [-0.3, -0.25) is 4.79 Å². The Morgan fingerprint density at radius 2 is 1.85 bits per heavy atom. The molecule has 1 aromatic heterocycles. The first-order valence-corrected chi connectivity index (χ1v) is 9.58. The Morgan fingerprint density at radius 3 is 2.52 bits per heavy atom. The largest absolute Gasteiger partial charge is 0.416 e. The van der Waals surface area contributed by atoms with E-state index >= 15 is 0 Å². The average molecular weight is 409 g/mol. The summed E-state index contributed by atoms with van der Waals surface area (Å²) in [7, 11) is 0. The topological polar surface area (TPSA) is 54.9 Å². The molecule has 4 nitrogen and oxygen atoms in total. The molecule has 1 N–H and O–H groups in total. The highest BCUT2D eigenvalue weighted by molar-refractivity contribution is 8.01. The number of anilines is 1. The molecule has 0 bridgehead atoms. The van der Waals surface area contributed by atoms with E-state index in [2.05, 4.69) is 14.7 Å². The predicted molar refractivity (Wildman–Crippen MR) is 101 cm³/mol. The number of carbonyl (C=O) groups excluding carboxylic acids is 1. The molecular weight excluding hydrogens is 395 g/mol. The van der Waals surface area contributed by atoms with Crippen molar-refractivity contribution in [3.05, 3.63) is 59.7 Å². The van der Waals surface area contributed by atoms with Gasteiger partial charge < -0.3 is 5.32 Å². The molecular formula is C18H14F3N3OS2. The average Bonchev–Trinajstić information content (AvgIpc) is 3.09. The Hall–Kier alpha value is -2.39. The molecule has 3 rings (SSSR count). The molecule has 1 heterocycles. The number of carbonyl (C=O) groups is 1. The molecule has 1 amide bonds. The van der Waals surface area contributed by atoms with Crippen LogP contribution in [0.25, 0.3) is 11.4 Å². The third kappa shape index (κ3) is 5.08. The minimum atomic E-state index is -4.40. The molecule has 2 aromatic carbocycles. The fraction of sp³-hybridized carbons (Fsp3) is 0.167. The van der Waals surface area contributed by atoms with Crippen LogP contribution in [0.3, 0.4) is 0 Å². The van der Waals surface area contributed by atoms with Crippen LogP contribution >= 0.6 is 23.3 Å². The zero-order valence-electron chi connectivity index (χ0n) is 14.1. The zero-order valence-corrected chi connectivity index (χ0v) is 15.7. The van der Waals surface area contributed by atoms with Crippen molar-refractivity contribution in [3.63, 3.8) is 0 Å². The van der Waals surface area contributed by atoms with Gasteiger partial charge in [0.05, 0.1) is 11.3 Å². The molecule has 0 saturated heterocycles. The van der Waals surface area contributed by atoms with E-state index in [0.29, 0.717) is 15.9 Å². The standard InChI is InChI=1S/C18H14F3N3OS2/c1-11-4-2-3-5-14(11)16-23-17(27-24-16)26-10-15(25)22-13-8-6-12(7-9-13)18(19,20)21/h2-9H,10H2,1H3,(H,22,25). The van der Waals surface area contributed by atoms with Crippen molar-refractivity contribution in [1.82, 2.24) is 9.36 Å². The van der Waals surface area contributed by atoms with Gasteiger partial charge in [0.25, 0.3) is 0 Å². The van der Waals surface area contributed by atoms with E-state index in [-0.39, 0.29) is 11.7 Å². The number of nitrogens with zero attached hydrogens (tertiary/aromatic N) is 2. The van der Waals surface area contributed by atoms with Gasteiger partial charge >= 0.3 is 6.18 Å². The number of benzene rings is 2. The third-order valence-corrected chi connectivity index (χ3v) is 5.45. The van der Waals surface area contributed by atoms with Gasteiger partial charge in [0, 0.05) is 11.3 Å². The maximum absolute atomic E-state index is 12.5. The minimum Gasteiger partial charge on any atom is -0.325 e. The number of hydrogen-bond donors (Lipinski definition) is 1. The van der Waals surface area contributed by atoms with Crippen molar-refractivity contribution < 1.29 is 18.0 Å². The molecule has 140 valence electrons. The van der Waals surface area contributed by atoms with E-state index in [0.717, 1.165) is 23.3 Å². The van der Waals surface area contributed by atoms with E-state index in [1.165, 1.54) is 35.4 Å². The molecule has 0 fully saturated rings. The predicted octanol–water partition coefficient (Wildman–Crippen LogP) is 5.26. The first kappa shape index (κ1) is 19.4. The molecule has 9 heteroatoms. The summed E-state index contributed by atoms with van der Waals surface area (Å²) in [6, 6.07) is 12.1. The second-order valence-electron chi connectivity index (χ2n) is 5.61. The van der Waals surface area contributed by atoms with E-state index in [4.69, 9.17) is 0 Å². The van der Waals surface area contributed by atoms with Gasteiger partial charge in [0.15, 0.2) is 10.2 Å². The van der Waals surface area contributed by atoms with E-state index in [1.807, 2.05) is 31.2 Å². The Kier molecular flexibility index (Phi) is 5.81. The van der Waals surface area contributed by atoms with Crippen LogP contribution in [0.2, 0.25) is 0 Å². The summed E-state index contributed by atoms with van der Waals surface area (Å²) in [4.78, 5) is 16.4. The summed E-state index contributed by atoms with van der Waals surface area (Å²) >= 11 is 2.43. The number of aryl methyl sites for hydroxylation is 1. The highest BCUT2D eigenvalue weighted by Crippen LogP contribution is 2.30. The van der Waals surface area contributed by atoms with Gasteiger partial charge in [0.2, 0.25) is 5.91 Å². The summed E-state index contributed by atoms with van der Waals surface area (Å²) in [5, 5.41) is 2.57. The highest BCUT2D eigenvalue weighted by atomic mass is 32.2. The number of halogens is 3. The third-order valence-electron chi connectivity index (χ3n) is 3.62. The minimum absolute atomic E-state index is 0.0867. The lowest BCUT2D eigenvalue weighted by molar-refractivity contribution is -0.137. The summed E-state index contributed by atoms with van der Waals surface area (Å²) in [6.07, 6.45) is -4.40. The van der Waals surface area contributed by atoms with Crippen LogP contribution < -0.4 is 5.32 Å². The van der Waals surface area contributed by atoms with Crippen molar-refractivity contribution in [2.24, 2.45) is 0 Å². The van der Waals surface area contributed by atoms with Crippen LogP contribution in [0.4, 0.5) is 18.9 Å². The monoisotopic (exact) mass is 409 g/mol. The number of nitrogens with one attached hydrogen (secondary N) is 1. The van der Waals surface area contributed by atoms with E-state index in [1.54, 1.807) is 0 Å². The Morgan fingerprint density at radius 1 is 1.15 bits per heavy atom. The van der Waals surface area contributed by atoms with Crippen molar-refractivity contribution in [2.75, 3.05) is 11.1 Å². The Balaban J connectivity index is 1.56. The van der Waals surface area contributed by atoms with Gasteiger partial charge in [-0.15, -0.1) is 0 Å². The van der Waals surface area contributed by atoms with E-state index in [9.17, 15) is 18.0 Å². The lowest BCUT2D eigenvalue weighted by Gasteiger charge is -2.08. The lowest BCUT2D eigenvalue weighted by atomic mass is 10.1. The molecule has 0 aliphatic carbocycles. The molecule has 0 unspecified atom stereocenters. The molecule has 0 saturated carbocycles.